The monoisotopic (exact) mass is 374 g/mol. The maximum atomic E-state index is 12.8. The Hall–Kier alpha value is -2.84. The van der Waals surface area contributed by atoms with Gasteiger partial charge < -0.3 is 10.6 Å². The predicted octanol–water partition coefficient (Wildman–Crippen LogP) is 3.91. The predicted molar refractivity (Wildman–Crippen MR) is 110 cm³/mol. The highest BCUT2D eigenvalue weighted by molar-refractivity contribution is 5.96. The molecular formula is C23H26N4O. The second kappa shape index (κ2) is 7.29. The number of nitriles is 1. The summed E-state index contributed by atoms with van der Waals surface area (Å²) in [5, 5.41) is 16.4. The minimum Gasteiger partial charge on any atom is -0.330 e. The molecule has 2 amide bonds. The van der Waals surface area contributed by atoms with Crippen molar-refractivity contribution in [2.75, 3.05) is 18.0 Å². The molecule has 0 aromatic heterocycles. The number of rotatable bonds is 4. The summed E-state index contributed by atoms with van der Waals surface area (Å²) in [6.45, 7) is 3.67. The van der Waals surface area contributed by atoms with Crippen LogP contribution in [0.25, 0.3) is 0 Å². The summed E-state index contributed by atoms with van der Waals surface area (Å²) in [7, 11) is 0. The van der Waals surface area contributed by atoms with Crippen LogP contribution in [0.3, 0.4) is 0 Å². The first-order valence-corrected chi connectivity index (χ1v) is 10.0. The number of carbonyl (C=O) groups excluding carboxylic acids is 1. The van der Waals surface area contributed by atoms with Gasteiger partial charge in [-0.15, -0.1) is 0 Å². The van der Waals surface area contributed by atoms with E-state index < -0.39 is 0 Å². The van der Waals surface area contributed by atoms with Crippen LogP contribution in [0.1, 0.15) is 43.7 Å². The topological polar surface area (TPSA) is 68.2 Å². The molecule has 2 N–H and O–H groups in total. The number of nitrogens with zero attached hydrogens (tertiary/aromatic N) is 2. The summed E-state index contributed by atoms with van der Waals surface area (Å²) >= 11 is 0. The Morgan fingerprint density at radius 1 is 1.07 bits per heavy atom. The summed E-state index contributed by atoms with van der Waals surface area (Å²) in [6.07, 6.45) is 3.76. The third kappa shape index (κ3) is 3.14. The normalized spacial score (nSPS) is 26.9. The second-order valence-electron chi connectivity index (χ2n) is 7.90. The highest BCUT2D eigenvalue weighted by Crippen LogP contribution is 2.44. The van der Waals surface area contributed by atoms with Gasteiger partial charge in [0.2, 0.25) is 0 Å². The van der Waals surface area contributed by atoms with E-state index in [1.54, 1.807) is 11.0 Å². The van der Waals surface area contributed by atoms with Crippen LogP contribution in [-0.4, -0.2) is 24.7 Å². The molecule has 0 radical (unpaired) electrons. The number of amides is 2. The number of para-hydroxylation sites is 1. The van der Waals surface area contributed by atoms with Crippen LogP contribution in [0.15, 0.2) is 54.6 Å². The lowest BCUT2D eigenvalue weighted by Crippen LogP contribution is -2.54. The Morgan fingerprint density at radius 3 is 2.43 bits per heavy atom. The van der Waals surface area contributed by atoms with Gasteiger partial charge in [0.05, 0.1) is 23.3 Å². The molecule has 144 valence electrons. The molecule has 0 unspecified atom stereocenters. The summed E-state index contributed by atoms with van der Waals surface area (Å²) in [5.74, 6) is 0. The molecule has 2 aromatic rings. The van der Waals surface area contributed by atoms with Crippen molar-refractivity contribution in [1.29, 1.82) is 5.26 Å². The molecule has 1 saturated heterocycles. The van der Waals surface area contributed by atoms with Gasteiger partial charge >= 0.3 is 6.03 Å². The number of carbonyl (C=O) groups is 1. The van der Waals surface area contributed by atoms with E-state index >= 15 is 0 Å². The molecule has 0 atom stereocenters. The Labute approximate surface area is 166 Å². The summed E-state index contributed by atoms with van der Waals surface area (Å²) in [5.41, 5.74) is 2.29. The van der Waals surface area contributed by atoms with Crippen molar-refractivity contribution >= 4 is 11.7 Å². The average Bonchev–Trinajstić information content (AvgIpc) is 3.06. The van der Waals surface area contributed by atoms with E-state index in [0.717, 1.165) is 32.2 Å². The third-order valence-corrected chi connectivity index (χ3v) is 6.30. The molecule has 1 aliphatic heterocycles. The summed E-state index contributed by atoms with van der Waals surface area (Å²) in [4.78, 5) is 14.5. The molecule has 2 aliphatic rings. The largest absolute Gasteiger partial charge is 0.330 e. The van der Waals surface area contributed by atoms with Gasteiger partial charge in [0.15, 0.2) is 0 Å². The zero-order valence-corrected chi connectivity index (χ0v) is 16.2. The average molecular weight is 374 g/mol. The third-order valence-electron chi connectivity index (χ3n) is 6.30. The van der Waals surface area contributed by atoms with Gasteiger partial charge in [0.25, 0.3) is 0 Å². The van der Waals surface area contributed by atoms with Crippen molar-refractivity contribution in [2.45, 2.75) is 43.7 Å². The van der Waals surface area contributed by atoms with Crippen molar-refractivity contribution in [3.8, 4) is 6.07 Å². The smallest absolute Gasteiger partial charge is 0.322 e. The molecule has 1 aliphatic carbocycles. The van der Waals surface area contributed by atoms with Crippen LogP contribution in [-0.2, 0) is 5.54 Å². The molecule has 1 saturated carbocycles. The van der Waals surface area contributed by atoms with Crippen LogP contribution in [0.2, 0.25) is 0 Å². The van der Waals surface area contributed by atoms with Gasteiger partial charge in [-0.1, -0.05) is 49.4 Å². The molecule has 5 heteroatoms. The van der Waals surface area contributed by atoms with E-state index in [1.165, 1.54) is 5.56 Å². The summed E-state index contributed by atoms with van der Waals surface area (Å²) in [6, 6.07) is 20.1. The van der Waals surface area contributed by atoms with Crippen molar-refractivity contribution in [3.05, 3.63) is 65.7 Å². The Kier molecular flexibility index (Phi) is 4.82. The van der Waals surface area contributed by atoms with Crippen molar-refractivity contribution in [3.63, 3.8) is 0 Å². The van der Waals surface area contributed by atoms with Gasteiger partial charge in [-0.25, -0.2) is 4.79 Å². The zero-order chi connectivity index (χ0) is 19.6. The lowest BCUT2D eigenvalue weighted by atomic mass is 9.69. The molecule has 5 nitrogen and oxygen atoms in total. The first kappa shape index (κ1) is 18.5. The Morgan fingerprint density at radius 2 is 1.75 bits per heavy atom. The number of anilines is 1. The molecule has 1 heterocycles. The lowest BCUT2D eigenvalue weighted by Gasteiger charge is -2.45. The highest BCUT2D eigenvalue weighted by atomic mass is 16.2. The fourth-order valence-electron chi connectivity index (χ4n) is 4.81. The van der Waals surface area contributed by atoms with Gasteiger partial charge in [-0.05, 0) is 49.9 Å². The second-order valence-corrected chi connectivity index (χ2v) is 7.90. The van der Waals surface area contributed by atoms with E-state index in [1.807, 2.05) is 18.2 Å². The first-order chi connectivity index (χ1) is 13.6. The standard InChI is InChI=1S/C23H26N4O/c1-2-25-23(19-9-4-3-5-10-19)14-12-22(13-15-23)17-27(21(28)26-22)20-11-7-6-8-18(20)16-24/h3-11,25H,2,12-15,17H2,1H3,(H,26,28)/t22-,23-. The van der Waals surface area contributed by atoms with Gasteiger partial charge in [-0.2, -0.15) is 5.26 Å². The van der Waals surface area contributed by atoms with Crippen LogP contribution < -0.4 is 15.5 Å². The highest BCUT2D eigenvalue weighted by Gasteiger charge is 2.49. The fourth-order valence-corrected chi connectivity index (χ4v) is 4.81. The number of nitrogens with one attached hydrogen (secondary N) is 2. The van der Waals surface area contributed by atoms with E-state index in [-0.39, 0.29) is 17.1 Å². The van der Waals surface area contributed by atoms with E-state index in [4.69, 9.17) is 0 Å². The molecule has 2 fully saturated rings. The fraction of sp³-hybridized carbons (Fsp3) is 0.391. The maximum absolute atomic E-state index is 12.8. The molecule has 1 spiro atoms. The van der Waals surface area contributed by atoms with Crippen LogP contribution in [0.4, 0.5) is 10.5 Å². The van der Waals surface area contributed by atoms with Crippen molar-refractivity contribution in [1.82, 2.24) is 10.6 Å². The van der Waals surface area contributed by atoms with Crippen molar-refractivity contribution < 1.29 is 4.79 Å². The minimum atomic E-state index is -0.229. The molecule has 0 bridgehead atoms. The Balaban J connectivity index is 1.56. The van der Waals surface area contributed by atoms with Gasteiger partial charge in [0.1, 0.15) is 6.07 Å². The molecule has 2 aromatic carbocycles. The minimum absolute atomic E-state index is 0.0377. The van der Waals surface area contributed by atoms with E-state index in [9.17, 15) is 10.1 Å². The first-order valence-electron chi connectivity index (χ1n) is 10.0. The number of hydrogen-bond donors (Lipinski definition) is 2. The van der Waals surface area contributed by atoms with E-state index in [2.05, 4.69) is 54.0 Å². The quantitative estimate of drug-likeness (QED) is 0.853. The maximum Gasteiger partial charge on any atom is 0.322 e. The van der Waals surface area contributed by atoms with E-state index in [0.29, 0.717) is 17.8 Å². The molecular weight excluding hydrogens is 348 g/mol. The van der Waals surface area contributed by atoms with Gasteiger partial charge in [-0.3, -0.25) is 4.90 Å². The zero-order valence-electron chi connectivity index (χ0n) is 16.2. The summed E-state index contributed by atoms with van der Waals surface area (Å²) < 4.78 is 0. The lowest BCUT2D eigenvalue weighted by molar-refractivity contribution is 0.161. The van der Waals surface area contributed by atoms with Crippen LogP contribution >= 0.6 is 0 Å². The number of benzene rings is 2. The number of urea groups is 1. The molecule has 28 heavy (non-hydrogen) atoms. The SMILES string of the molecule is CCN[C@]1(c2ccccc2)CC[C@@]2(CC1)CN(c1ccccc1C#N)C(=O)N2. The Bertz CT molecular complexity index is 894. The van der Waals surface area contributed by atoms with Crippen LogP contribution in [0.5, 0.6) is 0 Å². The van der Waals surface area contributed by atoms with Gasteiger partial charge in [0, 0.05) is 5.54 Å². The molecule has 4 rings (SSSR count). The number of hydrogen-bond acceptors (Lipinski definition) is 3. The van der Waals surface area contributed by atoms with Crippen molar-refractivity contribution in [2.24, 2.45) is 0 Å². The van der Waals surface area contributed by atoms with Crippen LogP contribution in [0, 0.1) is 11.3 Å².